The second-order valence-corrected chi connectivity index (χ2v) is 9.40. The van der Waals surface area contributed by atoms with Crippen molar-refractivity contribution in [1.29, 1.82) is 0 Å². The quantitative estimate of drug-likeness (QED) is 0.274. The summed E-state index contributed by atoms with van der Waals surface area (Å²) in [6.45, 7) is 3.38. The molecule has 0 spiro atoms. The predicted molar refractivity (Wildman–Crippen MR) is 132 cm³/mol. The Morgan fingerprint density at radius 1 is 1.00 bits per heavy atom. The fraction of sp³-hybridized carbons (Fsp3) is 0.222. The molecule has 3 N–H and O–H groups in total. The fourth-order valence-electron chi connectivity index (χ4n) is 5.65. The Bertz CT molecular complexity index is 1450. The molecule has 188 valence electrons. The van der Waals surface area contributed by atoms with E-state index in [-0.39, 0.29) is 17.1 Å². The van der Waals surface area contributed by atoms with Gasteiger partial charge in [-0.05, 0) is 42.2 Å². The summed E-state index contributed by atoms with van der Waals surface area (Å²) in [5.41, 5.74) is -0.331. The number of carboxylic acid groups (broad SMARTS) is 1. The van der Waals surface area contributed by atoms with Crippen molar-refractivity contribution in [1.82, 2.24) is 5.32 Å². The Balaban J connectivity index is 1.73. The van der Waals surface area contributed by atoms with Crippen LogP contribution in [0.5, 0.6) is 5.75 Å². The normalized spacial score (nSPS) is 24.8. The van der Waals surface area contributed by atoms with Gasteiger partial charge >= 0.3 is 5.97 Å². The molecule has 0 bridgehead atoms. The summed E-state index contributed by atoms with van der Waals surface area (Å²) >= 11 is 0. The number of nitro groups is 1. The average Bonchev–Trinajstić information content (AvgIpc) is 3.37. The molecule has 4 atom stereocenters. The smallest absolute Gasteiger partial charge is 0.329 e. The maximum absolute atomic E-state index is 13.9. The number of imide groups is 1. The van der Waals surface area contributed by atoms with Crippen molar-refractivity contribution in [2.45, 2.75) is 25.4 Å². The zero-order valence-corrected chi connectivity index (χ0v) is 19.9. The minimum Gasteiger partial charge on any atom is -0.507 e. The minimum absolute atomic E-state index is 0.00256. The van der Waals surface area contributed by atoms with E-state index >= 15 is 0 Å². The lowest BCUT2D eigenvalue weighted by atomic mass is 9.75. The van der Waals surface area contributed by atoms with Crippen LogP contribution >= 0.6 is 0 Å². The highest BCUT2D eigenvalue weighted by Crippen LogP contribution is 2.54. The third-order valence-electron chi connectivity index (χ3n) is 7.30. The van der Waals surface area contributed by atoms with Gasteiger partial charge in [0, 0.05) is 18.2 Å². The van der Waals surface area contributed by atoms with Gasteiger partial charge in [-0.1, -0.05) is 48.5 Å². The van der Waals surface area contributed by atoms with Gasteiger partial charge in [-0.25, -0.2) is 9.69 Å². The lowest BCUT2D eigenvalue weighted by Crippen LogP contribution is -2.53. The summed E-state index contributed by atoms with van der Waals surface area (Å²) < 4.78 is 0. The highest BCUT2D eigenvalue weighted by atomic mass is 16.6. The van der Waals surface area contributed by atoms with Gasteiger partial charge in [0.15, 0.2) is 5.54 Å². The molecular weight excluding hydrogens is 478 g/mol. The SMILES string of the molecule is Cc1cc(C2NC(C(=O)O)(c3ccccc3)C3C(=O)N(c4cccc([N+](=O)[O-])c4)C(=O)C23)cc(C)c1O. The fourth-order valence-corrected chi connectivity index (χ4v) is 5.65. The van der Waals surface area contributed by atoms with Gasteiger partial charge in [0.25, 0.3) is 5.69 Å². The predicted octanol–water partition coefficient (Wildman–Crippen LogP) is 3.35. The van der Waals surface area contributed by atoms with Crippen LogP contribution in [0.25, 0.3) is 0 Å². The second kappa shape index (κ2) is 8.52. The maximum atomic E-state index is 13.9. The van der Waals surface area contributed by atoms with Crippen LogP contribution in [0.1, 0.15) is 28.3 Å². The van der Waals surface area contributed by atoms with Gasteiger partial charge in [0.1, 0.15) is 5.75 Å². The van der Waals surface area contributed by atoms with Crippen molar-refractivity contribution in [2.24, 2.45) is 11.8 Å². The third-order valence-corrected chi connectivity index (χ3v) is 7.30. The number of carbonyl (C=O) groups excluding carboxylic acids is 2. The summed E-state index contributed by atoms with van der Waals surface area (Å²) in [7, 11) is 0. The number of carbonyl (C=O) groups is 3. The van der Waals surface area contributed by atoms with Crippen molar-refractivity contribution in [3.05, 3.63) is 99.1 Å². The molecule has 10 heteroatoms. The van der Waals surface area contributed by atoms with E-state index in [4.69, 9.17) is 0 Å². The van der Waals surface area contributed by atoms with Crippen LogP contribution in [-0.4, -0.2) is 32.9 Å². The van der Waals surface area contributed by atoms with Crippen molar-refractivity contribution in [3.8, 4) is 5.75 Å². The van der Waals surface area contributed by atoms with E-state index in [1.165, 1.54) is 18.2 Å². The number of aryl methyl sites for hydroxylation is 2. The van der Waals surface area contributed by atoms with Gasteiger partial charge in [0.05, 0.1) is 22.4 Å². The van der Waals surface area contributed by atoms with Gasteiger partial charge in [-0.3, -0.25) is 25.0 Å². The third kappa shape index (κ3) is 3.48. The number of nitrogens with one attached hydrogen (secondary N) is 1. The zero-order chi connectivity index (χ0) is 26.6. The van der Waals surface area contributed by atoms with Gasteiger partial charge in [-0.2, -0.15) is 0 Å². The van der Waals surface area contributed by atoms with E-state index in [0.717, 1.165) is 11.0 Å². The van der Waals surface area contributed by atoms with Crippen LogP contribution in [0.3, 0.4) is 0 Å². The Morgan fingerprint density at radius 2 is 1.65 bits per heavy atom. The lowest BCUT2D eigenvalue weighted by molar-refractivity contribution is -0.384. The Hall–Kier alpha value is -4.57. The first-order chi connectivity index (χ1) is 17.6. The molecule has 37 heavy (non-hydrogen) atoms. The second-order valence-electron chi connectivity index (χ2n) is 9.40. The Kier molecular flexibility index (Phi) is 5.56. The van der Waals surface area contributed by atoms with Crippen LogP contribution in [0, 0.1) is 35.8 Å². The molecule has 10 nitrogen and oxygen atoms in total. The number of non-ortho nitro benzene ring substituents is 1. The van der Waals surface area contributed by atoms with E-state index in [9.17, 15) is 34.7 Å². The molecular formula is C27H23N3O7. The Morgan fingerprint density at radius 3 is 2.24 bits per heavy atom. The van der Waals surface area contributed by atoms with E-state index in [1.807, 2.05) is 0 Å². The monoisotopic (exact) mass is 501 g/mol. The molecule has 2 aliphatic heterocycles. The summed E-state index contributed by atoms with van der Waals surface area (Å²) in [5, 5.41) is 35.3. The van der Waals surface area contributed by atoms with E-state index in [0.29, 0.717) is 22.3 Å². The number of fused-ring (bicyclic) bond motifs is 1. The van der Waals surface area contributed by atoms with E-state index in [2.05, 4.69) is 5.32 Å². The largest absolute Gasteiger partial charge is 0.507 e. The van der Waals surface area contributed by atoms with Crippen LogP contribution in [0.2, 0.25) is 0 Å². The number of nitro benzene ring substituents is 1. The number of phenols is 1. The van der Waals surface area contributed by atoms with Crippen molar-refractivity contribution >= 4 is 29.2 Å². The molecule has 0 aliphatic carbocycles. The number of aromatic hydroxyl groups is 1. The molecule has 3 aromatic carbocycles. The molecule has 0 saturated carbocycles. The highest BCUT2D eigenvalue weighted by molar-refractivity contribution is 6.24. The minimum atomic E-state index is -1.95. The molecule has 2 aliphatic rings. The number of nitrogens with zero attached hydrogens (tertiary/aromatic N) is 2. The summed E-state index contributed by atoms with van der Waals surface area (Å²) in [6, 6.07) is 15.8. The van der Waals surface area contributed by atoms with Gasteiger partial charge in [-0.15, -0.1) is 0 Å². The van der Waals surface area contributed by atoms with Crippen LogP contribution in [0.15, 0.2) is 66.7 Å². The molecule has 3 aromatic rings. The standard InChI is InChI=1S/C27H23N3O7/c1-14-11-16(12-15(2)23(14)31)22-20-21(27(28-22,26(34)35)17-7-4-3-5-8-17)25(33)29(24(20)32)18-9-6-10-19(13-18)30(36)37/h3-13,20-22,28,31H,1-2H3,(H,34,35). The molecule has 2 amide bonds. The highest BCUT2D eigenvalue weighted by Gasteiger charge is 2.69. The molecule has 2 fully saturated rings. The molecule has 0 radical (unpaired) electrons. The van der Waals surface area contributed by atoms with Crippen LogP contribution < -0.4 is 10.2 Å². The first-order valence-corrected chi connectivity index (χ1v) is 11.6. The van der Waals surface area contributed by atoms with Gasteiger partial charge in [0.2, 0.25) is 11.8 Å². The van der Waals surface area contributed by atoms with E-state index in [1.54, 1.807) is 56.3 Å². The zero-order valence-electron chi connectivity index (χ0n) is 19.9. The summed E-state index contributed by atoms with van der Waals surface area (Å²) in [4.78, 5) is 52.4. The van der Waals surface area contributed by atoms with Crippen LogP contribution in [0.4, 0.5) is 11.4 Å². The number of carboxylic acids is 1. The van der Waals surface area contributed by atoms with E-state index < -0.39 is 46.1 Å². The number of hydrogen-bond donors (Lipinski definition) is 3. The number of hydrogen-bond acceptors (Lipinski definition) is 7. The first-order valence-electron chi connectivity index (χ1n) is 11.6. The van der Waals surface area contributed by atoms with Crippen molar-refractivity contribution in [2.75, 3.05) is 4.90 Å². The maximum Gasteiger partial charge on any atom is 0.329 e. The van der Waals surface area contributed by atoms with Crippen molar-refractivity contribution in [3.63, 3.8) is 0 Å². The molecule has 0 aromatic heterocycles. The summed E-state index contributed by atoms with van der Waals surface area (Å²) in [6.07, 6.45) is 0. The Labute approximate surface area is 211 Å². The molecule has 5 rings (SSSR count). The topological polar surface area (TPSA) is 150 Å². The number of aliphatic carboxylic acids is 1. The molecule has 2 heterocycles. The number of rotatable bonds is 5. The number of phenolic OH excluding ortho intramolecular Hbond substituents is 1. The van der Waals surface area contributed by atoms with Crippen LogP contribution in [-0.2, 0) is 19.9 Å². The number of amides is 2. The van der Waals surface area contributed by atoms with Gasteiger partial charge < -0.3 is 10.2 Å². The number of anilines is 1. The lowest BCUT2D eigenvalue weighted by Gasteiger charge is -2.31. The average molecular weight is 501 g/mol. The summed E-state index contributed by atoms with van der Waals surface area (Å²) in [5.74, 6) is -5.12. The molecule has 4 unspecified atom stereocenters. The number of benzene rings is 3. The first kappa shape index (κ1) is 24.1. The molecule has 2 saturated heterocycles. The van der Waals surface area contributed by atoms with Crippen molar-refractivity contribution < 1.29 is 29.5 Å².